The Morgan fingerprint density at radius 1 is 1.27 bits per heavy atom. The molecule has 0 amide bonds. The van der Waals surface area contributed by atoms with Gasteiger partial charge in [0.2, 0.25) is 0 Å². The fourth-order valence-corrected chi connectivity index (χ4v) is 2.65. The van der Waals surface area contributed by atoms with Crippen LogP contribution in [0.3, 0.4) is 0 Å². The smallest absolute Gasteiger partial charge is 0.341 e. The summed E-state index contributed by atoms with van der Waals surface area (Å²) in [5.74, 6) is -0.716. The number of halogens is 1. The highest BCUT2D eigenvalue weighted by molar-refractivity contribution is 6.30. The highest BCUT2D eigenvalue weighted by Crippen LogP contribution is 2.18. The minimum absolute atomic E-state index is 0.301. The van der Waals surface area contributed by atoms with Crippen molar-refractivity contribution >= 4 is 30.2 Å². The van der Waals surface area contributed by atoms with Gasteiger partial charge in [-0.3, -0.25) is 9.89 Å². The third-order valence-corrected chi connectivity index (χ3v) is 3.88. The lowest BCUT2D eigenvalue weighted by Crippen LogP contribution is -2.34. The summed E-state index contributed by atoms with van der Waals surface area (Å²) >= 11 is 5.99. The molecule has 2 N–H and O–H groups in total. The summed E-state index contributed by atoms with van der Waals surface area (Å²) in [6.45, 7) is 3.40. The molecule has 26 heavy (non-hydrogen) atoms. The van der Waals surface area contributed by atoms with Gasteiger partial charge < -0.3 is 9.84 Å². The summed E-state index contributed by atoms with van der Waals surface area (Å²) in [5.41, 5.74) is 0.862. The van der Waals surface area contributed by atoms with Gasteiger partial charge in [-0.25, -0.2) is 9.48 Å². The zero-order valence-corrected chi connectivity index (χ0v) is 14.4. The van der Waals surface area contributed by atoms with Crippen LogP contribution in [0.1, 0.15) is 5.56 Å². The Morgan fingerprint density at radius 3 is 2.77 bits per heavy atom. The minimum Gasteiger partial charge on any atom is -0.481 e. The molecule has 1 heterocycles. The molecule has 0 saturated carbocycles. The zero-order valence-electron chi connectivity index (χ0n) is 13.6. The van der Waals surface area contributed by atoms with E-state index in [1.54, 1.807) is 54.6 Å². The molecule has 0 aliphatic rings. The molecule has 3 aromatic rings. The molecular formula is C19H15ClN2O4. The third kappa shape index (κ3) is 3.70. The first kappa shape index (κ1) is 17.6. The number of rotatable bonds is 5. The lowest BCUT2D eigenvalue weighted by Gasteiger charge is -2.06. The van der Waals surface area contributed by atoms with E-state index in [0.29, 0.717) is 32.6 Å². The molecule has 0 saturated heterocycles. The number of carbonyl (C=O) groups is 1. The Balaban J connectivity index is 2.10. The van der Waals surface area contributed by atoms with Crippen molar-refractivity contribution in [3.63, 3.8) is 0 Å². The SMILES string of the molecule is C=c1[nH]n(-c2cccc(Cl)c2)c(=O)/c1=C\c1ccccc1OCC(=O)O. The second kappa shape index (κ2) is 7.33. The van der Waals surface area contributed by atoms with Gasteiger partial charge in [0.1, 0.15) is 5.75 Å². The number of benzene rings is 2. The molecule has 0 unspecified atom stereocenters. The van der Waals surface area contributed by atoms with Crippen LogP contribution in [0.5, 0.6) is 5.75 Å². The summed E-state index contributed by atoms with van der Waals surface area (Å²) < 4.78 is 6.62. The van der Waals surface area contributed by atoms with Crippen molar-refractivity contribution in [1.29, 1.82) is 0 Å². The van der Waals surface area contributed by atoms with E-state index in [4.69, 9.17) is 21.4 Å². The van der Waals surface area contributed by atoms with Crippen molar-refractivity contribution in [3.8, 4) is 11.4 Å². The summed E-state index contributed by atoms with van der Waals surface area (Å²) in [7, 11) is 0. The molecule has 2 aromatic carbocycles. The van der Waals surface area contributed by atoms with Gasteiger partial charge in [0.25, 0.3) is 5.56 Å². The van der Waals surface area contributed by atoms with Gasteiger partial charge >= 0.3 is 5.97 Å². The summed E-state index contributed by atoms with van der Waals surface area (Å²) in [6.07, 6.45) is 1.61. The lowest BCUT2D eigenvalue weighted by molar-refractivity contribution is -0.139. The highest BCUT2D eigenvalue weighted by Gasteiger charge is 2.08. The fourth-order valence-electron chi connectivity index (χ4n) is 2.47. The number of H-pyrrole nitrogens is 1. The maximum Gasteiger partial charge on any atom is 0.341 e. The maximum absolute atomic E-state index is 12.8. The number of nitrogens with one attached hydrogen (secondary N) is 1. The van der Waals surface area contributed by atoms with Gasteiger partial charge in [-0.2, -0.15) is 0 Å². The number of carboxylic acids is 1. The van der Waals surface area contributed by atoms with Crippen LogP contribution < -0.4 is 20.9 Å². The van der Waals surface area contributed by atoms with E-state index in [-0.39, 0.29) is 5.56 Å². The Labute approximate surface area is 153 Å². The van der Waals surface area contributed by atoms with Crippen LogP contribution in [-0.4, -0.2) is 27.5 Å². The molecule has 0 atom stereocenters. The van der Waals surface area contributed by atoms with Gasteiger partial charge in [-0.15, -0.1) is 0 Å². The number of hydrogen-bond acceptors (Lipinski definition) is 3. The number of nitrogens with zero attached hydrogens (tertiary/aromatic N) is 1. The number of aromatic nitrogens is 2. The van der Waals surface area contributed by atoms with Crippen molar-refractivity contribution in [1.82, 2.24) is 9.78 Å². The summed E-state index contributed by atoms with van der Waals surface area (Å²) in [6, 6.07) is 13.7. The molecule has 0 bridgehead atoms. The quantitative estimate of drug-likeness (QED) is 0.713. The Bertz CT molecular complexity index is 1130. The van der Waals surface area contributed by atoms with Crippen LogP contribution >= 0.6 is 11.6 Å². The standard InChI is InChI=1S/C19H15ClN2O4/c1-12-16(9-13-5-2-3-8-17(13)26-11-18(23)24)19(25)22(21-12)15-7-4-6-14(20)10-15/h2-10,21H,1,11H2,(H,23,24)/b16-9-. The Morgan fingerprint density at radius 2 is 2.04 bits per heavy atom. The van der Waals surface area contributed by atoms with Crippen LogP contribution in [0.25, 0.3) is 18.3 Å². The van der Waals surface area contributed by atoms with Gasteiger partial charge in [0.15, 0.2) is 6.61 Å². The number of ether oxygens (including phenoxy) is 1. The molecule has 3 rings (SSSR count). The Hall–Kier alpha value is -3.25. The van der Waals surface area contributed by atoms with Gasteiger partial charge in [0, 0.05) is 10.6 Å². The monoisotopic (exact) mass is 370 g/mol. The number of aliphatic carboxylic acids is 1. The first-order valence-electron chi connectivity index (χ1n) is 7.67. The average molecular weight is 371 g/mol. The molecule has 6 nitrogen and oxygen atoms in total. The molecule has 0 aliphatic heterocycles. The van der Waals surface area contributed by atoms with E-state index >= 15 is 0 Å². The molecular weight excluding hydrogens is 356 g/mol. The third-order valence-electron chi connectivity index (χ3n) is 3.64. The first-order valence-corrected chi connectivity index (χ1v) is 8.05. The van der Waals surface area contributed by atoms with Crippen molar-refractivity contribution < 1.29 is 14.6 Å². The van der Waals surface area contributed by atoms with Gasteiger partial charge in [-0.05, 0) is 30.3 Å². The molecule has 7 heteroatoms. The van der Waals surface area contributed by atoms with E-state index < -0.39 is 12.6 Å². The van der Waals surface area contributed by atoms with E-state index in [1.807, 2.05) is 0 Å². The maximum atomic E-state index is 12.8. The van der Waals surface area contributed by atoms with Crippen molar-refractivity contribution in [2.45, 2.75) is 0 Å². The van der Waals surface area contributed by atoms with Crippen LogP contribution in [0.15, 0.2) is 53.3 Å². The van der Waals surface area contributed by atoms with E-state index in [0.717, 1.165) is 0 Å². The number of carboxylic acid groups (broad SMARTS) is 1. The van der Waals surface area contributed by atoms with Crippen molar-refractivity contribution in [3.05, 3.63) is 80.0 Å². The number of hydrogen-bond donors (Lipinski definition) is 2. The number of para-hydroxylation sites is 1. The second-order valence-electron chi connectivity index (χ2n) is 5.49. The predicted molar refractivity (Wildman–Crippen MR) is 99.3 cm³/mol. The van der Waals surface area contributed by atoms with Crippen LogP contribution in [0.2, 0.25) is 5.02 Å². The highest BCUT2D eigenvalue weighted by atomic mass is 35.5. The van der Waals surface area contributed by atoms with Crippen LogP contribution in [0.4, 0.5) is 0 Å². The number of aromatic amines is 1. The normalized spacial score (nSPS) is 11.5. The molecule has 1 aromatic heterocycles. The topological polar surface area (TPSA) is 84.3 Å². The van der Waals surface area contributed by atoms with Gasteiger partial charge in [0.05, 0.1) is 16.3 Å². The van der Waals surface area contributed by atoms with E-state index in [9.17, 15) is 9.59 Å². The van der Waals surface area contributed by atoms with E-state index in [1.165, 1.54) is 4.68 Å². The Kier molecular flexibility index (Phi) is 4.95. The molecule has 0 aliphatic carbocycles. The largest absolute Gasteiger partial charge is 0.481 e. The lowest BCUT2D eigenvalue weighted by atomic mass is 10.1. The zero-order chi connectivity index (χ0) is 18.7. The van der Waals surface area contributed by atoms with Gasteiger partial charge in [-0.1, -0.05) is 42.4 Å². The molecule has 0 fully saturated rings. The molecule has 0 radical (unpaired) electrons. The summed E-state index contributed by atoms with van der Waals surface area (Å²) in [4.78, 5) is 23.5. The van der Waals surface area contributed by atoms with Crippen molar-refractivity contribution in [2.24, 2.45) is 0 Å². The molecule has 132 valence electrons. The first-order chi connectivity index (χ1) is 12.5. The molecule has 0 spiro atoms. The van der Waals surface area contributed by atoms with Crippen LogP contribution in [0, 0.1) is 0 Å². The van der Waals surface area contributed by atoms with E-state index in [2.05, 4.69) is 11.7 Å². The van der Waals surface area contributed by atoms with Crippen LogP contribution in [-0.2, 0) is 4.79 Å². The minimum atomic E-state index is -1.08. The summed E-state index contributed by atoms with van der Waals surface area (Å²) in [5, 5.41) is 13.0. The fraction of sp³-hybridized carbons (Fsp3) is 0.0526. The second-order valence-corrected chi connectivity index (χ2v) is 5.93. The van der Waals surface area contributed by atoms with Crippen molar-refractivity contribution in [2.75, 3.05) is 6.61 Å². The average Bonchev–Trinajstić information content (AvgIpc) is 2.89. The predicted octanol–water partition coefficient (Wildman–Crippen LogP) is 1.52.